The largest absolute Gasteiger partial charge is 0.462 e. The molecule has 3 atom stereocenters. The van der Waals surface area contributed by atoms with Crippen LogP contribution in [0.15, 0.2) is 36.5 Å². The fourth-order valence-corrected chi connectivity index (χ4v) is 7.06. The van der Waals surface area contributed by atoms with Crippen molar-refractivity contribution in [3.05, 3.63) is 36.5 Å². The van der Waals surface area contributed by atoms with Crippen molar-refractivity contribution in [3.8, 4) is 0 Å². The van der Waals surface area contributed by atoms with Gasteiger partial charge in [-0.1, -0.05) is 186 Å². The van der Waals surface area contributed by atoms with Crippen molar-refractivity contribution >= 4 is 11.9 Å². The summed E-state index contributed by atoms with van der Waals surface area (Å²) in [5, 5.41) is 23.6. The lowest BCUT2D eigenvalue weighted by atomic mass is 10.0. The highest BCUT2D eigenvalue weighted by atomic mass is 16.5. The van der Waals surface area contributed by atoms with Crippen molar-refractivity contribution in [2.75, 3.05) is 6.61 Å². The molecule has 0 aliphatic rings. The Morgan fingerprint density at radius 2 is 0.927 bits per heavy atom. The molecule has 0 fully saturated rings. The van der Waals surface area contributed by atoms with Crippen molar-refractivity contribution < 1.29 is 24.5 Å². The van der Waals surface area contributed by atoms with Crippen LogP contribution in [0.5, 0.6) is 0 Å². The molecule has 322 valence electrons. The van der Waals surface area contributed by atoms with E-state index in [1.165, 1.54) is 109 Å². The van der Waals surface area contributed by atoms with Gasteiger partial charge in [0.05, 0.1) is 25.2 Å². The Kier molecular flexibility index (Phi) is 41.7. The first kappa shape index (κ1) is 53.1. The van der Waals surface area contributed by atoms with Gasteiger partial charge in [0.2, 0.25) is 5.91 Å². The number of carbonyl (C=O) groups is 2. The number of aliphatic hydroxyl groups is 2. The molecule has 0 rings (SSSR count). The topological polar surface area (TPSA) is 95.9 Å². The molecule has 0 saturated heterocycles. The summed E-state index contributed by atoms with van der Waals surface area (Å²) in [6.07, 6.45) is 49.1. The maximum absolute atomic E-state index is 13.1. The van der Waals surface area contributed by atoms with Gasteiger partial charge in [-0.05, 0) is 77.0 Å². The molecule has 3 unspecified atom stereocenters. The summed E-state index contributed by atoms with van der Waals surface area (Å²) in [7, 11) is 0. The van der Waals surface area contributed by atoms with Crippen molar-refractivity contribution in [1.82, 2.24) is 5.32 Å². The number of ether oxygens (including phenoxy) is 1. The Labute approximate surface area is 341 Å². The second-order valence-electron chi connectivity index (χ2n) is 16.2. The molecule has 6 heteroatoms. The minimum atomic E-state index is -0.791. The molecule has 0 radical (unpaired) electrons. The molecule has 0 aliphatic carbocycles. The lowest BCUT2D eigenvalue weighted by Gasteiger charge is -2.24. The van der Waals surface area contributed by atoms with Gasteiger partial charge in [0.25, 0.3) is 0 Å². The molecule has 0 aromatic rings. The van der Waals surface area contributed by atoms with E-state index in [9.17, 15) is 19.8 Å². The quantitative estimate of drug-likeness (QED) is 0.0248. The number of aliphatic hydroxyl groups excluding tert-OH is 2. The van der Waals surface area contributed by atoms with Crippen molar-refractivity contribution in [1.29, 1.82) is 0 Å². The second kappa shape index (κ2) is 43.2. The number of esters is 1. The molecule has 6 nitrogen and oxygen atoms in total. The molecule has 55 heavy (non-hydrogen) atoms. The first-order chi connectivity index (χ1) is 27.0. The van der Waals surface area contributed by atoms with E-state index in [2.05, 4.69) is 62.5 Å². The predicted molar refractivity (Wildman–Crippen MR) is 236 cm³/mol. The van der Waals surface area contributed by atoms with Crippen LogP contribution in [-0.4, -0.2) is 46.9 Å². The van der Waals surface area contributed by atoms with E-state index in [-0.39, 0.29) is 24.9 Å². The summed E-state index contributed by atoms with van der Waals surface area (Å²) in [6.45, 7) is 6.41. The zero-order valence-electron chi connectivity index (χ0n) is 36.6. The zero-order valence-corrected chi connectivity index (χ0v) is 36.6. The standard InChI is InChI=1S/C49H91NO5/c1-4-7-10-13-16-19-22-24-26-28-31-34-37-40-45(55-49(54)42-39-36-33-30-27-23-20-17-14-11-8-5-2)43-48(53)50-46(44-51)47(52)41-38-35-32-29-25-21-18-15-12-9-6-3/h16-17,19-20,22,24,45-47,51-52H,4-15,18,21,23,25-44H2,1-3H3,(H,50,53)/b19-16+,20-17-,24-22+. The number of nitrogens with one attached hydrogen (secondary N) is 1. The zero-order chi connectivity index (χ0) is 40.3. The average molecular weight is 774 g/mol. The highest BCUT2D eigenvalue weighted by molar-refractivity contribution is 5.77. The van der Waals surface area contributed by atoms with Crippen molar-refractivity contribution in [2.45, 2.75) is 257 Å². The number of rotatable bonds is 42. The van der Waals surface area contributed by atoms with Crippen LogP contribution < -0.4 is 5.32 Å². The maximum Gasteiger partial charge on any atom is 0.306 e. The molecule has 0 aromatic carbocycles. The van der Waals surface area contributed by atoms with Gasteiger partial charge in [-0.2, -0.15) is 0 Å². The molecule has 1 amide bonds. The van der Waals surface area contributed by atoms with Crippen LogP contribution in [0.3, 0.4) is 0 Å². The summed E-state index contributed by atoms with van der Waals surface area (Å²) in [6, 6.07) is -0.706. The minimum absolute atomic E-state index is 0.0622. The van der Waals surface area contributed by atoms with Gasteiger partial charge in [0, 0.05) is 6.42 Å². The third-order valence-electron chi connectivity index (χ3n) is 10.7. The molecule has 0 bridgehead atoms. The molecule has 3 N–H and O–H groups in total. The van der Waals surface area contributed by atoms with Crippen LogP contribution in [0.1, 0.15) is 239 Å². The van der Waals surface area contributed by atoms with Crippen LogP contribution in [0.2, 0.25) is 0 Å². The van der Waals surface area contributed by atoms with Gasteiger partial charge in [-0.25, -0.2) is 0 Å². The van der Waals surface area contributed by atoms with Gasteiger partial charge >= 0.3 is 5.97 Å². The number of hydrogen-bond donors (Lipinski definition) is 3. The molecular weight excluding hydrogens is 683 g/mol. The SMILES string of the molecule is CCCCC/C=C\CCCCCCCC(=O)OC(CCCCCC/C=C/C=C/CCCCC)CC(=O)NC(CO)C(O)CCCCCCCCCCCCC. The van der Waals surface area contributed by atoms with E-state index in [1.54, 1.807) is 0 Å². The third kappa shape index (κ3) is 38.7. The molecule has 0 saturated carbocycles. The van der Waals surface area contributed by atoms with Gasteiger partial charge in [0.15, 0.2) is 0 Å². The Balaban J connectivity index is 4.64. The van der Waals surface area contributed by atoms with E-state index >= 15 is 0 Å². The summed E-state index contributed by atoms with van der Waals surface area (Å²) >= 11 is 0. The van der Waals surface area contributed by atoms with E-state index in [1.807, 2.05) is 0 Å². The first-order valence-corrected chi connectivity index (χ1v) is 23.7. The summed E-state index contributed by atoms with van der Waals surface area (Å²) in [5.74, 6) is -0.502. The maximum atomic E-state index is 13.1. The van der Waals surface area contributed by atoms with E-state index in [0.29, 0.717) is 19.3 Å². The van der Waals surface area contributed by atoms with E-state index in [4.69, 9.17) is 4.74 Å². The van der Waals surface area contributed by atoms with Crippen LogP contribution in [0.25, 0.3) is 0 Å². The number of amides is 1. The van der Waals surface area contributed by atoms with Gasteiger partial charge < -0.3 is 20.3 Å². The highest BCUT2D eigenvalue weighted by Gasteiger charge is 2.24. The lowest BCUT2D eigenvalue weighted by Crippen LogP contribution is -2.46. The minimum Gasteiger partial charge on any atom is -0.462 e. The Hall–Kier alpha value is -1.92. The van der Waals surface area contributed by atoms with Crippen LogP contribution in [-0.2, 0) is 14.3 Å². The number of unbranched alkanes of at least 4 members (excludes halogenated alkanes) is 25. The lowest BCUT2D eigenvalue weighted by molar-refractivity contribution is -0.151. The van der Waals surface area contributed by atoms with E-state index < -0.39 is 18.2 Å². The number of allylic oxidation sites excluding steroid dienone is 6. The Morgan fingerprint density at radius 1 is 0.527 bits per heavy atom. The Morgan fingerprint density at radius 3 is 1.44 bits per heavy atom. The van der Waals surface area contributed by atoms with E-state index in [0.717, 1.165) is 83.5 Å². The summed E-state index contributed by atoms with van der Waals surface area (Å²) < 4.78 is 5.90. The smallest absolute Gasteiger partial charge is 0.306 e. The third-order valence-corrected chi connectivity index (χ3v) is 10.7. The fraction of sp³-hybridized carbons (Fsp3) is 0.837. The van der Waals surface area contributed by atoms with Gasteiger partial charge in [-0.3, -0.25) is 9.59 Å². The average Bonchev–Trinajstić information content (AvgIpc) is 3.18. The Bertz CT molecular complexity index is 915. The molecular formula is C49H91NO5. The number of carbonyl (C=O) groups excluding carboxylic acids is 2. The van der Waals surface area contributed by atoms with Gasteiger partial charge in [0.1, 0.15) is 6.10 Å². The van der Waals surface area contributed by atoms with Crippen molar-refractivity contribution in [2.24, 2.45) is 0 Å². The van der Waals surface area contributed by atoms with Crippen LogP contribution in [0, 0.1) is 0 Å². The normalized spacial score (nSPS) is 13.6. The summed E-state index contributed by atoms with van der Waals surface area (Å²) in [5.41, 5.74) is 0. The molecule has 0 aliphatic heterocycles. The molecule has 0 spiro atoms. The second-order valence-corrected chi connectivity index (χ2v) is 16.2. The molecule has 0 heterocycles. The first-order valence-electron chi connectivity index (χ1n) is 23.7. The highest BCUT2D eigenvalue weighted by Crippen LogP contribution is 2.17. The van der Waals surface area contributed by atoms with Crippen LogP contribution in [0.4, 0.5) is 0 Å². The van der Waals surface area contributed by atoms with Crippen molar-refractivity contribution in [3.63, 3.8) is 0 Å². The summed E-state index contributed by atoms with van der Waals surface area (Å²) in [4.78, 5) is 26.0. The predicted octanol–water partition coefficient (Wildman–Crippen LogP) is 13.7. The fourth-order valence-electron chi connectivity index (χ4n) is 7.06. The molecule has 0 aromatic heterocycles. The number of hydrogen-bond acceptors (Lipinski definition) is 5. The van der Waals surface area contributed by atoms with Crippen LogP contribution >= 0.6 is 0 Å². The monoisotopic (exact) mass is 774 g/mol. The van der Waals surface area contributed by atoms with Gasteiger partial charge in [-0.15, -0.1) is 0 Å².